The molecular weight excluding hydrogens is 315 g/mol. The van der Waals surface area contributed by atoms with Crippen molar-refractivity contribution in [3.05, 3.63) is 72.1 Å². The summed E-state index contributed by atoms with van der Waals surface area (Å²) in [6.07, 6.45) is 2.79. The molecule has 0 aliphatic carbocycles. The van der Waals surface area contributed by atoms with Gasteiger partial charge in [-0.3, -0.25) is 0 Å². The van der Waals surface area contributed by atoms with Crippen LogP contribution in [0.25, 0.3) is 0 Å². The second-order valence-corrected chi connectivity index (χ2v) is 8.15. The highest BCUT2D eigenvalue weighted by Crippen LogP contribution is 2.46. The van der Waals surface area contributed by atoms with Gasteiger partial charge in [0.15, 0.2) is 7.14 Å². The lowest BCUT2D eigenvalue weighted by Gasteiger charge is -2.16. The lowest BCUT2D eigenvalue weighted by Crippen LogP contribution is -2.14. The first-order valence-corrected chi connectivity index (χ1v) is 10.0. The minimum atomic E-state index is -2.91. The van der Waals surface area contributed by atoms with Crippen LogP contribution in [0.3, 0.4) is 0 Å². The van der Waals surface area contributed by atoms with Crippen molar-refractivity contribution in [2.45, 2.75) is 26.2 Å². The number of rotatable bonds is 6. The van der Waals surface area contributed by atoms with Crippen molar-refractivity contribution in [1.29, 1.82) is 0 Å². The molecule has 0 unspecified atom stereocenters. The molecule has 0 atom stereocenters. The molecule has 0 aliphatic rings. The molecule has 2 nitrogen and oxygen atoms in total. The highest BCUT2D eigenvalue weighted by molar-refractivity contribution is 7.81. The van der Waals surface area contributed by atoms with Crippen molar-refractivity contribution < 1.29 is 9.67 Å². The Morgan fingerprint density at radius 1 is 1.04 bits per heavy atom. The van der Waals surface area contributed by atoms with Gasteiger partial charge < -0.3 is 9.67 Å². The van der Waals surface area contributed by atoms with E-state index in [4.69, 9.17) is 5.11 Å². The molecule has 2 aromatic rings. The zero-order chi connectivity index (χ0) is 17.3. The van der Waals surface area contributed by atoms with Crippen LogP contribution in [-0.2, 0) is 4.57 Å². The van der Waals surface area contributed by atoms with Gasteiger partial charge in [0.05, 0.1) is 0 Å². The van der Waals surface area contributed by atoms with Gasteiger partial charge in [0, 0.05) is 16.2 Å². The summed E-state index contributed by atoms with van der Waals surface area (Å²) < 4.78 is 13.9. The van der Waals surface area contributed by atoms with E-state index in [1.807, 2.05) is 66.5 Å². The van der Waals surface area contributed by atoms with Crippen molar-refractivity contribution in [2.24, 2.45) is 0 Å². The molecular formula is C21H23O2P. The average molecular weight is 338 g/mol. The second kappa shape index (κ2) is 9.28. The van der Waals surface area contributed by atoms with E-state index >= 15 is 0 Å². The molecule has 0 saturated carbocycles. The minimum absolute atomic E-state index is 0.190. The van der Waals surface area contributed by atoms with Crippen LogP contribution in [0.15, 0.2) is 72.1 Å². The fraction of sp³-hybridized carbons (Fsp3) is 0.238. The van der Waals surface area contributed by atoms with Gasteiger partial charge >= 0.3 is 0 Å². The predicted octanol–water partition coefficient (Wildman–Crippen LogP) is 4.07. The van der Waals surface area contributed by atoms with E-state index in [0.717, 1.165) is 35.4 Å². The highest BCUT2D eigenvalue weighted by Gasteiger charge is 2.24. The predicted molar refractivity (Wildman–Crippen MR) is 102 cm³/mol. The van der Waals surface area contributed by atoms with Crippen molar-refractivity contribution in [3.63, 3.8) is 0 Å². The van der Waals surface area contributed by atoms with E-state index in [-0.39, 0.29) is 6.61 Å². The van der Waals surface area contributed by atoms with Crippen LogP contribution in [0.5, 0.6) is 0 Å². The van der Waals surface area contributed by atoms with Gasteiger partial charge in [-0.1, -0.05) is 85.8 Å². The van der Waals surface area contributed by atoms with E-state index in [1.54, 1.807) is 0 Å². The second-order valence-electron chi connectivity index (χ2n) is 5.55. The summed E-state index contributed by atoms with van der Waals surface area (Å²) in [5.74, 6) is 7.52. The van der Waals surface area contributed by atoms with Crippen LogP contribution < -0.4 is 10.6 Å². The first-order valence-electron chi connectivity index (χ1n) is 8.23. The molecule has 124 valence electrons. The summed E-state index contributed by atoms with van der Waals surface area (Å²) >= 11 is 0. The average Bonchev–Trinajstić information content (AvgIpc) is 2.65. The fourth-order valence-corrected chi connectivity index (χ4v) is 4.96. The Labute approximate surface area is 144 Å². The van der Waals surface area contributed by atoms with Crippen LogP contribution in [-0.4, -0.2) is 11.7 Å². The summed E-state index contributed by atoms with van der Waals surface area (Å²) in [5, 5.41) is 10.6. The number of hydrogen-bond acceptors (Lipinski definition) is 2. The Balaban J connectivity index is 2.57. The maximum Gasteiger partial charge on any atom is 0.165 e. The first kappa shape index (κ1) is 18.3. The molecule has 2 aromatic carbocycles. The summed E-state index contributed by atoms with van der Waals surface area (Å²) in [6.45, 7) is 1.93. The van der Waals surface area contributed by atoms with Crippen molar-refractivity contribution in [1.82, 2.24) is 0 Å². The van der Waals surface area contributed by atoms with Gasteiger partial charge in [-0.25, -0.2) is 0 Å². The normalized spacial score (nSPS) is 11.7. The zero-order valence-electron chi connectivity index (χ0n) is 14.0. The van der Waals surface area contributed by atoms with E-state index in [0.29, 0.717) is 0 Å². The summed E-state index contributed by atoms with van der Waals surface area (Å²) in [6, 6.07) is 19.1. The van der Waals surface area contributed by atoms with Crippen LogP contribution >= 0.6 is 7.14 Å². The Hall–Kier alpha value is -2.07. The third-order valence-electron chi connectivity index (χ3n) is 3.74. The molecule has 0 bridgehead atoms. The van der Waals surface area contributed by atoms with Crippen LogP contribution in [0.4, 0.5) is 0 Å². The molecule has 0 heterocycles. The molecule has 24 heavy (non-hydrogen) atoms. The quantitative estimate of drug-likeness (QED) is 0.637. The number of aliphatic hydroxyl groups is 1. The van der Waals surface area contributed by atoms with E-state index in [9.17, 15) is 4.57 Å². The maximum atomic E-state index is 13.9. The standard InChI is InChI=1S/C21H23O2P/c1-2-3-11-19(12-10-17-22)18-24(23,20-13-6-4-7-14-20)21-15-8-5-9-16-21/h4-9,13-16,18,22H,2-3,11,17H2,1H3/b19-18-. The molecule has 0 saturated heterocycles. The van der Waals surface area contributed by atoms with Crippen molar-refractivity contribution in [2.75, 3.05) is 6.61 Å². The molecule has 0 fully saturated rings. The van der Waals surface area contributed by atoms with E-state index in [2.05, 4.69) is 18.8 Å². The smallest absolute Gasteiger partial charge is 0.165 e. The summed E-state index contributed by atoms with van der Waals surface area (Å²) in [7, 11) is -2.91. The molecule has 3 heteroatoms. The van der Waals surface area contributed by atoms with E-state index in [1.165, 1.54) is 0 Å². The monoisotopic (exact) mass is 338 g/mol. The topological polar surface area (TPSA) is 37.3 Å². The number of hydrogen-bond donors (Lipinski definition) is 1. The number of benzene rings is 2. The number of allylic oxidation sites excluding steroid dienone is 1. The number of aliphatic hydroxyl groups excluding tert-OH is 1. The minimum Gasteiger partial charge on any atom is -0.384 e. The summed E-state index contributed by atoms with van der Waals surface area (Å²) in [5.41, 5.74) is 0.835. The number of unbranched alkanes of at least 4 members (excludes halogenated alkanes) is 1. The Bertz CT molecular complexity index is 724. The van der Waals surface area contributed by atoms with Gasteiger partial charge in [-0.15, -0.1) is 0 Å². The molecule has 0 aliphatic heterocycles. The summed E-state index contributed by atoms with van der Waals surface area (Å²) in [4.78, 5) is 0. The zero-order valence-corrected chi connectivity index (χ0v) is 14.9. The maximum absolute atomic E-state index is 13.9. The molecule has 0 radical (unpaired) electrons. The van der Waals surface area contributed by atoms with Gasteiger partial charge in [0.1, 0.15) is 6.61 Å². The third kappa shape index (κ3) is 4.71. The molecule has 0 amide bonds. The van der Waals surface area contributed by atoms with E-state index < -0.39 is 7.14 Å². The van der Waals surface area contributed by atoms with Crippen molar-refractivity contribution in [3.8, 4) is 11.8 Å². The third-order valence-corrected chi connectivity index (χ3v) is 6.55. The fourth-order valence-electron chi connectivity index (χ4n) is 2.50. The lowest BCUT2D eigenvalue weighted by atomic mass is 10.1. The highest BCUT2D eigenvalue weighted by atomic mass is 31.2. The van der Waals surface area contributed by atoms with Crippen molar-refractivity contribution >= 4 is 17.8 Å². The molecule has 0 spiro atoms. The van der Waals surface area contributed by atoms with Gasteiger partial charge in [0.25, 0.3) is 0 Å². The Morgan fingerprint density at radius 2 is 1.58 bits per heavy atom. The van der Waals surface area contributed by atoms with Gasteiger partial charge in [0.2, 0.25) is 0 Å². The Kier molecular flexibility index (Phi) is 7.07. The van der Waals surface area contributed by atoms with Crippen LogP contribution in [0, 0.1) is 11.8 Å². The van der Waals surface area contributed by atoms with Gasteiger partial charge in [-0.05, 0) is 18.7 Å². The van der Waals surface area contributed by atoms with Crippen LogP contribution in [0.2, 0.25) is 0 Å². The molecule has 0 aromatic heterocycles. The SMILES string of the molecule is CCCC/C(C#CCO)=C/P(=O)(c1ccccc1)c1ccccc1. The van der Waals surface area contributed by atoms with Crippen LogP contribution in [0.1, 0.15) is 26.2 Å². The van der Waals surface area contributed by atoms with Gasteiger partial charge in [-0.2, -0.15) is 0 Å². The Morgan fingerprint density at radius 3 is 2.04 bits per heavy atom. The molecule has 2 rings (SSSR count). The first-order chi connectivity index (χ1) is 11.7. The largest absolute Gasteiger partial charge is 0.384 e. The molecule has 1 N–H and O–H groups in total. The lowest BCUT2D eigenvalue weighted by molar-refractivity contribution is 0.350.